The summed E-state index contributed by atoms with van der Waals surface area (Å²) in [4.78, 5) is 12.3. The van der Waals surface area contributed by atoms with Gasteiger partial charge in [-0.25, -0.2) is 8.78 Å². The Labute approximate surface area is 115 Å². The second-order valence-corrected chi connectivity index (χ2v) is 4.11. The zero-order valence-corrected chi connectivity index (χ0v) is 10.8. The van der Waals surface area contributed by atoms with Crippen molar-refractivity contribution < 1.29 is 18.3 Å². The van der Waals surface area contributed by atoms with E-state index in [1.807, 2.05) is 0 Å². The van der Waals surface area contributed by atoms with Gasteiger partial charge < -0.3 is 10.5 Å². The molecule has 0 heterocycles. The third-order valence-corrected chi connectivity index (χ3v) is 2.75. The number of nitrogens with two attached hydrogens (primary N) is 1. The predicted molar refractivity (Wildman–Crippen MR) is 71.8 cm³/mol. The third-order valence-electron chi connectivity index (χ3n) is 2.75. The Hall–Kier alpha value is -2.43. The first kappa shape index (κ1) is 14.0. The largest absolute Gasteiger partial charge is 0.491 e. The highest BCUT2D eigenvalue weighted by Crippen LogP contribution is 2.29. The molecule has 0 aliphatic rings. The van der Waals surface area contributed by atoms with Gasteiger partial charge in [0.05, 0.1) is 23.4 Å². The molecule has 2 N–H and O–H groups in total. The summed E-state index contributed by atoms with van der Waals surface area (Å²) in [6, 6.07) is 7.45. The molecule has 5 heteroatoms. The van der Waals surface area contributed by atoms with E-state index in [2.05, 4.69) is 0 Å². The molecule has 0 spiro atoms. The molecule has 0 aromatic heterocycles. The molecule has 20 heavy (non-hydrogen) atoms. The number of halogens is 2. The quantitative estimate of drug-likeness (QED) is 0.689. The van der Waals surface area contributed by atoms with Gasteiger partial charge in [0.25, 0.3) is 0 Å². The summed E-state index contributed by atoms with van der Waals surface area (Å²) >= 11 is 0. The van der Waals surface area contributed by atoms with Crippen LogP contribution in [0.2, 0.25) is 0 Å². The number of carbonyl (C=O) groups excluding carboxylic acids is 1. The topological polar surface area (TPSA) is 52.3 Å². The molecular weight excluding hydrogens is 264 g/mol. The van der Waals surface area contributed by atoms with E-state index in [0.29, 0.717) is 18.4 Å². The maximum absolute atomic E-state index is 13.7. The summed E-state index contributed by atoms with van der Waals surface area (Å²) in [5.74, 6) is -2.04. The van der Waals surface area contributed by atoms with Gasteiger partial charge in [-0.05, 0) is 31.2 Å². The fourth-order valence-corrected chi connectivity index (χ4v) is 1.86. The standard InChI is InChI=1S/C15H13F2NO2/c1-2-20-15-11(4-3-5-13(15)18)14(19)10-7-6-9(16)8-12(10)17/h3-8H,2,18H2,1H3. The lowest BCUT2D eigenvalue weighted by Gasteiger charge is -2.12. The lowest BCUT2D eigenvalue weighted by molar-refractivity contribution is 0.103. The summed E-state index contributed by atoms with van der Waals surface area (Å²) in [5, 5.41) is 0. The number of ketones is 1. The molecule has 0 amide bonds. The molecule has 0 bridgehead atoms. The summed E-state index contributed by atoms with van der Waals surface area (Å²) in [6.45, 7) is 2.07. The molecule has 0 aliphatic heterocycles. The van der Waals surface area contributed by atoms with Crippen molar-refractivity contribution in [3.8, 4) is 5.75 Å². The minimum absolute atomic E-state index is 0.150. The van der Waals surface area contributed by atoms with Gasteiger partial charge in [0.1, 0.15) is 11.6 Å². The Balaban J connectivity index is 2.50. The summed E-state index contributed by atoms with van der Waals surface area (Å²) in [6.07, 6.45) is 0. The van der Waals surface area contributed by atoms with Gasteiger partial charge in [-0.1, -0.05) is 6.07 Å². The first-order valence-electron chi connectivity index (χ1n) is 6.05. The minimum Gasteiger partial charge on any atom is -0.491 e. The summed E-state index contributed by atoms with van der Waals surface area (Å²) < 4.78 is 31.9. The molecule has 0 saturated carbocycles. The maximum atomic E-state index is 13.7. The van der Waals surface area contributed by atoms with E-state index in [-0.39, 0.29) is 16.9 Å². The fourth-order valence-electron chi connectivity index (χ4n) is 1.86. The van der Waals surface area contributed by atoms with Crippen LogP contribution in [-0.2, 0) is 0 Å². The second-order valence-electron chi connectivity index (χ2n) is 4.11. The first-order chi connectivity index (χ1) is 9.54. The molecule has 0 fully saturated rings. The zero-order chi connectivity index (χ0) is 14.7. The van der Waals surface area contributed by atoms with Crippen molar-refractivity contribution >= 4 is 11.5 Å². The minimum atomic E-state index is -0.917. The lowest BCUT2D eigenvalue weighted by atomic mass is 10.0. The summed E-state index contributed by atoms with van der Waals surface area (Å²) in [5.41, 5.74) is 5.97. The van der Waals surface area contributed by atoms with E-state index in [0.717, 1.165) is 12.1 Å². The number of nitrogen functional groups attached to an aromatic ring is 1. The average Bonchev–Trinajstić information content (AvgIpc) is 2.40. The van der Waals surface area contributed by atoms with Gasteiger partial charge in [0, 0.05) is 6.07 Å². The number of benzene rings is 2. The van der Waals surface area contributed by atoms with E-state index in [1.165, 1.54) is 6.07 Å². The molecule has 2 aromatic rings. The Kier molecular flexibility index (Phi) is 3.98. The molecule has 0 aliphatic carbocycles. The van der Waals surface area contributed by atoms with Crippen LogP contribution < -0.4 is 10.5 Å². The smallest absolute Gasteiger partial charge is 0.199 e. The molecule has 2 aromatic carbocycles. The molecule has 0 saturated heterocycles. The summed E-state index contributed by atoms with van der Waals surface area (Å²) in [7, 11) is 0. The Bertz CT molecular complexity index is 656. The van der Waals surface area contributed by atoms with Crippen LogP contribution in [-0.4, -0.2) is 12.4 Å². The number of ether oxygens (including phenoxy) is 1. The monoisotopic (exact) mass is 277 g/mol. The third kappa shape index (κ3) is 2.61. The van der Waals surface area contributed by atoms with E-state index >= 15 is 0 Å². The van der Waals surface area contributed by atoms with Gasteiger partial charge in [-0.3, -0.25) is 4.79 Å². The van der Waals surface area contributed by atoms with Crippen molar-refractivity contribution in [1.29, 1.82) is 0 Å². The highest BCUT2D eigenvalue weighted by Gasteiger charge is 2.20. The van der Waals surface area contributed by atoms with E-state index in [9.17, 15) is 13.6 Å². The van der Waals surface area contributed by atoms with Gasteiger partial charge in [-0.2, -0.15) is 0 Å². The van der Waals surface area contributed by atoms with Crippen LogP contribution in [0.15, 0.2) is 36.4 Å². The number of hydrogen-bond donors (Lipinski definition) is 1. The molecule has 3 nitrogen and oxygen atoms in total. The fraction of sp³-hybridized carbons (Fsp3) is 0.133. The van der Waals surface area contributed by atoms with Crippen LogP contribution in [0.25, 0.3) is 0 Å². The predicted octanol–water partition coefficient (Wildman–Crippen LogP) is 3.18. The van der Waals surface area contributed by atoms with Crippen molar-refractivity contribution in [3.05, 3.63) is 59.2 Å². The molecule has 0 radical (unpaired) electrons. The van der Waals surface area contributed by atoms with Crippen molar-refractivity contribution in [3.63, 3.8) is 0 Å². The van der Waals surface area contributed by atoms with E-state index in [4.69, 9.17) is 10.5 Å². The molecule has 0 unspecified atom stereocenters. The number of hydrogen-bond acceptors (Lipinski definition) is 3. The van der Waals surface area contributed by atoms with Gasteiger partial charge in [-0.15, -0.1) is 0 Å². The van der Waals surface area contributed by atoms with Crippen molar-refractivity contribution in [2.75, 3.05) is 12.3 Å². The van der Waals surface area contributed by atoms with Crippen LogP contribution in [0, 0.1) is 11.6 Å². The van der Waals surface area contributed by atoms with E-state index in [1.54, 1.807) is 19.1 Å². The first-order valence-corrected chi connectivity index (χ1v) is 6.05. The SMILES string of the molecule is CCOc1c(N)cccc1C(=O)c1ccc(F)cc1F. The maximum Gasteiger partial charge on any atom is 0.199 e. The van der Waals surface area contributed by atoms with Gasteiger partial charge in [0.2, 0.25) is 0 Å². The molecule has 2 rings (SSSR count). The number of para-hydroxylation sites is 1. The van der Waals surface area contributed by atoms with Gasteiger partial charge in [0.15, 0.2) is 11.5 Å². The highest BCUT2D eigenvalue weighted by atomic mass is 19.1. The lowest BCUT2D eigenvalue weighted by Crippen LogP contribution is -2.09. The van der Waals surface area contributed by atoms with Gasteiger partial charge >= 0.3 is 0 Å². The van der Waals surface area contributed by atoms with E-state index < -0.39 is 17.4 Å². The normalized spacial score (nSPS) is 10.3. The van der Waals surface area contributed by atoms with Crippen LogP contribution in [0.5, 0.6) is 5.75 Å². The number of anilines is 1. The van der Waals surface area contributed by atoms with Crippen LogP contribution in [0.3, 0.4) is 0 Å². The van der Waals surface area contributed by atoms with Crippen LogP contribution in [0.4, 0.5) is 14.5 Å². The van der Waals surface area contributed by atoms with Crippen molar-refractivity contribution in [2.45, 2.75) is 6.92 Å². The zero-order valence-electron chi connectivity index (χ0n) is 10.8. The molecular formula is C15H13F2NO2. The molecule has 0 atom stereocenters. The van der Waals surface area contributed by atoms with Crippen LogP contribution in [0.1, 0.15) is 22.8 Å². The Morgan fingerprint density at radius 1 is 1.20 bits per heavy atom. The number of carbonyl (C=O) groups is 1. The van der Waals surface area contributed by atoms with Crippen LogP contribution >= 0.6 is 0 Å². The highest BCUT2D eigenvalue weighted by molar-refractivity contribution is 6.11. The Morgan fingerprint density at radius 2 is 1.95 bits per heavy atom. The second kappa shape index (κ2) is 5.69. The van der Waals surface area contributed by atoms with Crippen molar-refractivity contribution in [2.24, 2.45) is 0 Å². The van der Waals surface area contributed by atoms with Crippen molar-refractivity contribution in [1.82, 2.24) is 0 Å². The number of rotatable bonds is 4. The average molecular weight is 277 g/mol. The molecule has 104 valence electrons. The Morgan fingerprint density at radius 3 is 2.60 bits per heavy atom.